The molecule has 1 aromatic carbocycles. The van der Waals surface area contributed by atoms with Crippen molar-refractivity contribution in [1.29, 1.82) is 0 Å². The highest BCUT2D eigenvalue weighted by Gasteiger charge is 2.40. The lowest BCUT2D eigenvalue weighted by Gasteiger charge is -2.35. The summed E-state index contributed by atoms with van der Waals surface area (Å²) in [5.74, 6) is 1.56. The molecule has 0 saturated heterocycles. The maximum atomic E-state index is 6.47. The predicted octanol–water partition coefficient (Wildman–Crippen LogP) is 5.52. The van der Waals surface area contributed by atoms with E-state index >= 15 is 0 Å². The molecule has 1 unspecified atom stereocenters. The van der Waals surface area contributed by atoms with Crippen LogP contribution in [0, 0.1) is 6.92 Å². The molecule has 1 heterocycles. The summed E-state index contributed by atoms with van der Waals surface area (Å²) >= 11 is 0. The topological polar surface area (TPSA) is 53.2 Å². The van der Waals surface area contributed by atoms with Crippen LogP contribution in [0.2, 0.25) is 0 Å². The van der Waals surface area contributed by atoms with Crippen molar-refractivity contribution in [1.82, 2.24) is 0 Å². The number of furan rings is 1. The number of hydrogen-bond acceptors (Lipinski definition) is 5. The van der Waals surface area contributed by atoms with Gasteiger partial charge in [-0.1, -0.05) is 32.9 Å². The molecule has 1 aromatic heterocycles. The number of methoxy groups -OCH3 is 1. The number of nitrogens with zero attached hydrogens (tertiary/aromatic N) is 1. The smallest absolute Gasteiger partial charge is 0.169 e. The lowest BCUT2D eigenvalue weighted by molar-refractivity contribution is 0.113. The highest BCUT2D eigenvalue weighted by atomic mass is 31.2. The fourth-order valence-electron chi connectivity index (χ4n) is 2.64. The first-order chi connectivity index (χ1) is 12.3. The molecule has 0 spiro atoms. The van der Waals surface area contributed by atoms with Gasteiger partial charge in [0.25, 0.3) is 0 Å². The number of hydrogen-bond donors (Lipinski definition) is 0. The quantitative estimate of drug-likeness (QED) is 0.447. The average Bonchev–Trinajstić information content (AvgIpc) is 3.03. The number of para-hydroxylation sites is 1. The minimum absolute atomic E-state index is 0.260. The van der Waals surface area contributed by atoms with Gasteiger partial charge in [-0.15, -0.1) is 0 Å². The molecule has 26 heavy (non-hydrogen) atoms. The van der Waals surface area contributed by atoms with E-state index in [0.29, 0.717) is 19.8 Å². The van der Waals surface area contributed by atoms with E-state index in [1.807, 2.05) is 50.2 Å². The maximum absolute atomic E-state index is 6.47. The van der Waals surface area contributed by atoms with Crippen molar-refractivity contribution in [3.8, 4) is 5.75 Å². The summed E-state index contributed by atoms with van der Waals surface area (Å²) in [6.07, 6.45) is 0. The summed E-state index contributed by atoms with van der Waals surface area (Å²) in [6.45, 7) is 12.0. The molecule has 0 aliphatic heterocycles. The predicted molar refractivity (Wildman–Crippen MR) is 107 cm³/mol. The van der Waals surface area contributed by atoms with E-state index in [1.165, 1.54) is 0 Å². The minimum atomic E-state index is -2.52. The van der Waals surface area contributed by atoms with Crippen LogP contribution in [0.1, 0.15) is 33.5 Å². The summed E-state index contributed by atoms with van der Waals surface area (Å²) in [5.41, 5.74) is 1.55. The Kier molecular flexibility index (Phi) is 7.10. The highest BCUT2D eigenvalue weighted by molar-refractivity contribution is 7.70. The van der Waals surface area contributed by atoms with E-state index in [4.69, 9.17) is 23.2 Å². The zero-order chi connectivity index (χ0) is 19.2. The van der Waals surface area contributed by atoms with Crippen molar-refractivity contribution in [2.45, 2.75) is 39.8 Å². The van der Waals surface area contributed by atoms with E-state index in [2.05, 4.69) is 20.8 Å². The zero-order valence-corrected chi connectivity index (χ0v) is 17.5. The number of aryl methyl sites for hydroxylation is 1. The van der Waals surface area contributed by atoms with Crippen molar-refractivity contribution in [3.05, 3.63) is 42.2 Å². The van der Waals surface area contributed by atoms with Gasteiger partial charge in [0.15, 0.2) is 12.8 Å². The van der Waals surface area contributed by atoms with Crippen LogP contribution in [0.5, 0.6) is 5.75 Å². The van der Waals surface area contributed by atoms with E-state index in [9.17, 15) is 0 Å². The Morgan fingerprint density at radius 1 is 1.08 bits per heavy atom. The summed E-state index contributed by atoms with van der Waals surface area (Å²) in [7, 11) is -0.864. The molecule has 0 saturated carbocycles. The van der Waals surface area contributed by atoms with E-state index in [-0.39, 0.29) is 5.16 Å². The molecule has 5 nitrogen and oxygen atoms in total. The molecule has 0 bridgehead atoms. The Hall–Kier alpha value is -1.55. The van der Waals surface area contributed by atoms with Gasteiger partial charge < -0.3 is 18.4 Å². The summed E-state index contributed by atoms with van der Waals surface area (Å²) in [4.78, 5) is 0. The van der Waals surface area contributed by atoms with Crippen molar-refractivity contribution in [2.75, 3.05) is 26.9 Å². The third-order valence-corrected chi connectivity index (χ3v) is 7.69. The normalized spacial score (nSPS) is 14.1. The first kappa shape index (κ1) is 20.8. The SMILES string of the molecule is CCOCCOP(=Nc1ccccc1OC)(c1ccc(C)o1)C(C)(C)C. The van der Waals surface area contributed by atoms with Crippen LogP contribution in [0.4, 0.5) is 5.69 Å². The molecule has 1 atom stereocenters. The highest BCUT2D eigenvalue weighted by Crippen LogP contribution is 2.63. The van der Waals surface area contributed by atoms with Crippen molar-refractivity contribution in [2.24, 2.45) is 4.74 Å². The van der Waals surface area contributed by atoms with Crippen molar-refractivity contribution in [3.63, 3.8) is 0 Å². The Morgan fingerprint density at radius 2 is 1.81 bits per heavy atom. The Morgan fingerprint density at radius 3 is 2.38 bits per heavy atom. The molecule has 0 fully saturated rings. The lowest BCUT2D eigenvalue weighted by atomic mass is 10.3. The van der Waals surface area contributed by atoms with Gasteiger partial charge in [-0.2, -0.15) is 0 Å². The van der Waals surface area contributed by atoms with Crippen LogP contribution in [0.25, 0.3) is 0 Å². The van der Waals surface area contributed by atoms with Gasteiger partial charge in [-0.3, -0.25) is 0 Å². The van der Waals surface area contributed by atoms with E-state index < -0.39 is 7.28 Å². The first-order valence-corrected chi connectivity index (χ1v) is 10.5. The Labute approximate surface area is 156 Å². The third-order valence-electron chi connectivity index (χ3n) is 3.98. The van der Waals surface area contributed by atoms with E-state index in [0.717, 1.165) is 22.7 Å². The lowest BCUT2D eigenvalue weighted by Crippen LogP contribution is -2.25. The summed E-state index contributed by atoms with van der Waals surface area (Å²) < 4.78 is 28.6. The number of benzene rings is 1. The van der Waals surface area contributed by atoms with Crippen LogP contribution in [-0.2, 0) is 9.26 Å². The Balaban J connectivity index is 2.63. The molecule has 2 rings (SSSR count). The van der Waals surface area contributed by atoms with Gasteiger partial charge in [-0.25, -0.2) is 4.74 Å². The van der Waals surface area contributed by atoms with Crippen molar-refractivity contribution >= 4 is 18.5 Å². The van der Waals surface area contributed by atoms with Gasteiger partial charge in [0.1, 0.15) is 17.2 Å². The molecule has 0 amide bonds. The third kappa shape index (κ3) is 4.59. The maximum Gasteiger partial charge on any atom is 0.169 e. The number of rotatable bonds is 8. The van der Waals surface area contributed by atoms with Gasteiger partial charge in [0, 0.05) is 11.8 Å². The Bertz CT molecular complexity index is 761. The van der Waals surface area contributed by atoms with Crippen LogP contribution in [0.3, 0.4) is 0 Å². The molecule has 0 aliphatic rings. The largest absolute Gasteiger partial charge is 0.494 e. The van der Waals surface area contributed by atoms with Gasteiger partial charge in [0.05, 0.1) is 20.3 Å². The molecule has 2 aromatic rings. The molecule has 0 aliphatic carbocycles. The average molecular weight is 379 g/mol. The van der Waals surface area contributed by atoms with Gasteiger partial charge in [-0.05, 0) is 38.1 Å². The fraction of sp³-hybridized carbons (Fsp3) is 0.500. The molecule has 6 heteroatoms. The summed E-state index contributed by atoms with van der Waals surface area (Å²) in [6, 6.07) is 11.7. The first-order valence-electron chi connectivity index (χ1n) is 8.89. The van der Waals surface area contributed by atoms with Gasteiger partial charge in [0.2, 0.25) is 0 Å². The second-order valence-corrected chi connectivity index (χ2v) is 10.3. The fourth-order valence-corrected chi connectivity index (χ4v) is 5.62. The molecule has 0 radical (unpaired) electrons. The molecular weight excluding hydrogens is 349 g/mol. The van der Waals surface area contributed by atoms with Crippen LogP contribution < -0.4 is 10.2 Å². The zero-order valence-electron chi connectivity index (χ0n) is 16.6. The van der Waals surface area contributed by atoms with Crippen molar-refractivity contribution < 1.29 is 18.4 Å². The summed E-state index contributed by atoms with van der Waals surface area (Å²) in [5, 5.41) is -0.260. The standard InChI is InChI=1S/C20H30NO4P/c1-7-23-14-15-24-26(20(3,4)5,19-13-12-16(2)25-19)21-17-10-8-9-11-18(17)22-6/h8-13H,7,14-15H2,1-6H3. The van der Waals surface area contributed by atoms with E-state index in [1.54, 1.807) is 7.11 Å². The minimum Gasteiger partial charge on any atom is -0.494 e. The second kappa shape index (κ2) is 8.90. The van der Waals surface area contributed by atoms with Crippen LogP contribution in [0.15, 0.2) is 45.6 Å². The van der Waals surface area contributed by atoms with Crippen LogP contribution in [-0.4, -0.2) is 32.1 Å². The molecule has 144 valence electrons. The number of ether oxygens (including phenoxy) is 2. The monoisotopic (exact) mass is 379 g/mol. The molecule has 0 N–H and O–H groups in total. The molecular formula is C20H30NO4P. The second-order valence-electron chi connectivity index (χ2n) is 6.93. The van der Waals surface area contributed by atoms with Gasteiger partial charge >= 0.3 is 0 Å². The van der Waals surface area contributed by atoms with Crippen LogP contribution >= 0.6 is 7.28 Å².